The van der Waals surface area contributed by atoms with Gasteiger partial charge >= 0.3 is 0 Å². The van der Waals surface area contributed by atoms with E-state index in [1.54, 1.807) is 13.3 Å². The molecule has 11 heteroatoms. The molecule has 0 radical (unpaired) electrons. The predicted octanol–water partition coefficient (Wildman–Crippen LogP) is 7.10. The van der Waals surface area contributed by atoms with Crippen molar-refractivity contribution in [2.24, 2.45) is 0 Å². The number of fused-ring (bicyclic) bond motifs is 5. The van der Waals surface area contributed by atoms with Gasteiger partial charge < -0.3 is 14.2 Å². The van der Waals surface area contributed by atoms with E-state index < -0.39 is 11.0 Å². The third-order valence-electron chi connectivity index (χ3n) is 11.5. The first-order valence-electron chi connectivity index (χ1n) is 18.8. The van der Waals surface area contributed by atoms with Crippen LogP contribution in [-0.2, 0) is 24.1 Å². The van der Waals surface area contributed by atoms with Gasteiger partial charge in [-0.25, -0.2) is 4.21 Å². The lowest BCUT2D eigenvalue weighted by Gasteiger charge is -2.42. The molecule has 2 amide bonds. The fraction of sp³-hybridized carbons (Fsp3) is 0.488. The summed E-state index contributed by atoms with van der Waals surface area (Å²) in [5, 5.41) is 5.71. The number of likely N-dealkylation sites (N-methyl/N-ethyl adjacent to an activating group) is 1. The number of nitrogens with one attached hydrogen (secondary N) is 1. The van der Waals surface area contributed by atoms with Crippen LogP contribution in [0.3, 0.4) is 0 Å². The number of allylic oxidation sites excluding steroid dienone is 1. The van der Waals surface area contributed by atoms with Crippen LogP contribution in [0.4, 0.5) is 0 Å². The number of hydrogen-bond acceptors (Lipinski definition) is 6. The first kappa shape index (κ1) is 36.2. The fourth-order valence-electron chi connectivity index (χ4n) is 8.46. The summed E-state index contributed by atoms with van der Waals surface area (Å²) in [5.74, 6) is 0.772. The van der Waals surface area contributed by atoms with Crippen molar-refractivity contribution in [2.45, 2.75) is 103 Å². The highest BCUT2D eigenvalue weighted by atomic mass is 32.2. The van der Waals surface area contributed by atoms with E-state index in [0.717, 1.165) is 57.6 Å². The summed E-state index contributed by atoms with van der Waals surface area (Å²) in [6.45, 7) is 12.4. The first-order chi connectivity index (χ1) is 25.0. The minimum Gasteiger partial charge on any atom is -0.497 e. The normalized spacial score (nSPS) is 20.3. The first-order valence-corrected chi connectivity index (χ1v) is 20.1. The van der Waals surface area contributed by atoms with Crippen LogP contribution < -0.4 is 9.46 Å². The Morgan fingerprint density at radius 1 is 1.02 bits per heavy atom. The Hall–Kier alpha value is -4.22. The molecule has 2 aliphatic heterocycles. The highest BCUT2D eigenvalue weighted by Gasteiger charge is 2.35. The number of aromatic nitrogens is 3. The molecule has 4 aromatic rings. The highest BCUT2D eigenvalue weighted by Crippen LogP contribution is 2.48. The summed E-state index contributed by atoms with van der Waals surface area (Å²) < 4.78 is 25.4. The predicted molar refractivity (Wildman–Crippen MR) is 209 cm³/mol. The van der Waals surface area contributed by atoms with Crippen LogP contribution in [0.1, 0.15) is 110 Å². The lowest BCUT2D eigenvalue weighted by molar-refractivity contribution is 0.0414. The van der Waals surface area contributed by atoms with Crippen LogP contribution in [0, 0.1) is 0 Å². The molecule has 3 aliphatic rings. The zero-order valence-electron chi connectivity index (χ0n) is 31.6. The molecule has 10 nitrogen and oxygen atoms in total. The fourth-order valence-corrected chi connectivity index (χ4v) is 8.99. The van der Waals surface area contributed by atoms with Gasteiger partial charge in [-0.3, -0.25) is 23.9 Å². The molecule has 1 unspecified atom stereocenters. The Morgan fingerprint density at radius 2 is 1.75 bits per heavy atom. The van der Waals surface area contributed by atoms with E-state index in [2.05, 4.69) is 66.3 Å². The summed E-state index contributed by atoms with van der Waals surface area (Å²) in [5.41, 5.74) is 8.37. The van der Waals surface area contributed by atoms with Gasteiger partial charge in [0.15, 0.2) is 0 Å². The molecule has 2 fully saturated rings. The van der Waals surface area contributed by atoms with Gasteiger partial charge in [-0.2, -0.15) is 5.10 Å². The molecule has 52 heavy (non-hydrogen) atoms. The number of carbonyl (C=O) groups is 2. The molecule has 2 aromatic heterocycles. The van der Waals surface area contributed by atoms with E-state index in [1.165, 1.54) is 24.8 Å². The van der Waals surface area contributed by atoms with Gasteiger partial charge in [-0.05, 0) is 114 Å². The topological polar surface area (TPSA) is 102 Å². The summed E-state index contributed by atoms with van der Waals surface area (Å²) in [4.78, 5) is 32.3. The van der Waals surface area contributed by atoms with Crippen molar-refractivity contribution < 1.29 is 18.5 Å². The minimum absolute atomic E-state index is 0.00453. The average molecular weight is 725 g/mol. The monoisotopic (exact) mass is 724 g/mol. The Balaban J connectivity index is 1.44. The second-order valence-corrected chi connectivity index (χ2v) is 16.9. The molecule has 3 atom stereocenters. The van der Waals surface area contributed by atoms with Crippen LogP contribution in [0.15, 0.2) is 42.6 Å². The zero-order chi connectivity index (χ0) is 36.8. The molecule has 276 valence electrons. The number of ether oxygens (including phenoxy) is 1. The summed E-state index contributed by atoms with van der Waals surface area (Å²) in [6.07, 6.45) is 9.77. The Bertz CT molecular complexity index is 2060. The van der Waals surface area contributed by atoms with Crippen molar-refractivity contribution in [1.82, 2.24) is 28.9 Å². The average Bonchev–Trinajstić information content (AvgIpc) is 3.67. The molecule has 1 saturated carbocycles. The van der Waals surface area contributed by atoms with Gasteiger partial charge in [0.2, 0.25) is 0 Å². The molecule has 0 bridgehead atoms. The van der Waals surface area contributed by atoms with Crippen LogP contribution in [0.25, 0.3) is 33.8 Å². The van der Waals surface area contributed by atoms with E-state index in [-0.39, 0.29) is 29.1 Å². The second-order valence-electron chi connectivity index (χ2n) is 15.1. The van der Waals surface area contributed by atoms with Crippen molar-refractivity contribution in [1.29, 1.82) is 0 Å². The third-order valence-corrected chi connectivity index (χ3v) is 12.7. The minimum atomic E-state index is -1.49. The maximum atomic E-state index is 14.5. The Morgan fingerprint density at radius 3 is 2.42 bits per heavy atom. The SMILES string of the molecule is CCn1ncc(C(=O)N2C[C@@H](C)N(C)[C@@H](C)C2)c1C1=Cc2cc(OC)ccc2-c2c(C3CCCCC3)c3ccc(C(=O)NS(=O)C(C)C)cc3n2C1. The maximum absolute atomic E-state index is 14.5. The van der Waals surface area contributed by atoms with Gasteiger partial charge in [0.25, 0.3) is 11.8 Å². The quantitative estimate of drug-likeness (QED) is 0.208. The van der Waals surface area contributed by atoms with Crippen LogP contribution in [-0.4, -0.2) is 84.8 Å². The maximum Gasteiger partial charge on any atom is 0.263 e. The van der Waals surface area contributed by atoms with Gasteiger partial charge in [0.1, 0.15) is 16.7 Å². The molecule has 1 aliphatic carbocycles. The van der Waals surface area contributed by atoms with Crippen LogP contribution in [0.5, 0.6) is 5.75 Å². The number of aryl methyl sites for hydroxylation is 1. The molecule has 7 rings (SSSR count). The largest absolute Gasteiger partial charge is 0.497 e. The number of amides is 2. The molecule has 4 heterocycles. The molecular formula is C41H52N6O4S. The van der Waals surface area contributed by atoms with Crippen LogP contribution in [0.2, 0.25) is 0 Å². The smallest absolute Gasteiger partial charge is 0.263 e. The zero-order valence-corrected chi connectivity index (χ0v) is 32.4. The van der Waals surface area contributed by atoms with Crippen molar-refractivity contribution in [3.05, 3.63) is 70.5 Å². The van der Waals surface area contributed by atoms with Gasteiger partial charge in [-0.15, -0.1) is 0 Å². The lowest BCUT2D eigenvalue weighted by Crippen LogP contribution is -2.56. The van der Waals surface area contributed by atoms with E-state index in [1.807, 2.05) is 41.6 Å². The molecule has 0 spiro atoms. The van der Waals surface area contributed by atoms with Crippen molar-refractivity contribution in [3.63, 3.8) is 0 Å². The van der Waals surface area contributed by atoms with Crippen molar-refractivity contribution >= 4 is 45.4 Å². The van der Waals surface area contributed by atoms with E-state index in [4.69, 9.17) is 9.84 Å². The summed E-state index contributed by atoms with van der Waals surface area (Å²) in [7, 11) is 2.32. The molecule has 2 aromatic carbocycles. The number of methoxy groups -OCH3 is 1. The van der Waals surface area contributed by atoms with E-state index >= 15 is 0 Å². The number of hydrogen-bond donors (Lipinski definition) is 1. The number of rotatable bonds is 8. The van der Waals surface area contributed by atoms with Gasteiger partial charge in [0, 0.05) is 59.0 Å². The van der Waals surface area contributed by atoms with E-state index in [9.17, 15) is 13.8 Å². The number of nitrogens with zero attached hydrogens (tertiary/aromatic N) is 5. The lowest BCUT2D eigenvalue weighted by atomic mass is 9.81. The van der Waals surface area contributed by atoms with Crippen molar-refractivity contribution in [2.75, 3.05) is 27.2 Å². The highest BCUT2D eigenvalue weighted by molar-refractivity contribution is 7.84. The molecular weight excluding hydrogens is 673 g/mol. The van der Waals surface area contributed by atoms with E-state index in [0.29, 0.717) is 43.2 Å². The van der Waals surface area contributed by atoms with Gasteiger partial charge in [0.05, 0.1) is 36.8 Å². The summed E-state index contributed by atoms with van der Waals surface area (Å²) in [6, 6.07) is 12.7. The number of carbonyl (C=O) groups excluding carboxylic acids is 2. The number of piperazine rings is 1. The Kier molecular flexibility index (Phi) is 10.2. The van der Waals surface area contributed by atoms with Crippen LogP contribution >= 0.6 is 0 Å². The molecule has 1 saturated heterocycles. The number of benzene rings is 2. The van der Waals surface area contributed by atoms with Gasteiger partial charge in [-0.1, -0.05) is 25.3 Å². The summed E-state index contributed by atoms with van der Waals surface area (Å²) >= 11 is 0. The van der Waals surface area contributed by atoms with Crippen molar-refractivity contribution in [3.8, 4) is 17.0 Å². The Labute approximate surface area is 309 Å². The third kappa shape index (κ3) is 6.51. The second kappa shape index (κ2) is 14.7. The molecule has 1 N–H and O–H groups in total. The standard InChI is InChI=1S/C41H52N6O4S/c1-8-47-38(35(21-42-47)41(49)45-22-26(4)44(6)27(5)23-45)31-18-30-19-32(51-7)15-17-33(30)39-37(28-12-10-9-11-13-28)34-16-14-29(20-36(34)46(39)24-31)40(48)43-52(50)25(2)3/h14-21,25-28H,8-13,22-24H2,1-7H3,(H,43,48)/t26-,27+,52?.